The normalized spacial score (nSPS) is 20.2. The Hall–Kier alpha value is -1.30. The molecule has 1 heterocycles. The highest BCUT2D eigenvalue weighted by atomic mass is 16.7. The van der Waals surface area contributed by atoms with Crippen molar-refractivity contribution >= 4 is 12.0 Å². The average molecular weight is 258 g/mol. The number of nitrogens with zero attached hydrogens (tertiary/aromatic N) is 2. The molecule has 0 aromatic rings. The van der Waals surface area contributed by atoms with Gasteiger partial charge in [0.1, 0.15) is 6.04 Å². The molecule has 0 radical (unpaired) electrons. The number of amides is 2. The van der Waals surface area contributed by atoms with Gasteiger partial charge in [0.2, 0.25) is 0 Å². The van der Waals surface area contributed by atoms with Gasteiger partial charge in [-0.3, -0.25) is 4.84 Å². The molecule has 0 saturated carbocycles. The lowest BCUT2D eigenvalue weighted by molar-refractivity contribution is -0.161. The lowest BCUT2D eigenvalue weighted by Crippen LogP contribution is -2.57. The van der Waals surface area contributed by atoms with Gasteiger partial charge in [-0.05, 0) is 19.8 Å². The van der Waals surface area contributed by atoms with Crippen LogP contribution in [-0.4, -0.2) is 54.8 Å². The minimum atomic E-state index is -0.487. The predicted octanol–water partition coefficient (Wildman–Crippen LogP) is 1.41. The number of methoxy groups -OCH3 is 1. The molecule has 1 atom stereocenters. The van der Waals surface area contributed by atoms with Gasteiger partial charge < -0.3 is 9.64 Å². The summed E-state index contributed by atoms with van der Waals surface area (Å²) in [5.74, 6) is -0.363. The summed E-state index contributed by atoms with van der Waals surface area (Å²) >= 11 is 0. The maximum absolute atomic E-state index is 12.1. The summed E-state index contributed by atoms with van der Waals surface area (Å²) < 4.78 is 4.71. The van der Waals surface area contributed by atoms with Gasteiger partial charge in [-0.25, -0.2) is 14.7 Å². The number of rotatable bonds is 6. The Labute approximate surface area is 108 Å². The standard InChI is InChI=1S/C12H22N2O4/c1-4-6-9-18-14-8-7-10(11(15)17-3)13(5-2)12(14)16/h10H,4-9H2,1-3H3/t10-/m0/s1. The zero-order chi connectivity index (χ0) is 13.5. The number of carbonyl (C=O) groups is 2. The monoisotopic (exact) mass is 258 g/mol. The molecule has 0 aromatic carbocycles. The smallest absolute Gasteiger partial charge is 0.344 e. The van der Waals surface area contributed by atoms with Crippen LogP contribution in [0.3, 0.4) is 0 Å². The molecular weight excluding hydrogens is 236 g/mol. The van der Waals surface area contributed by atoms with E-state index in [-0.39, 0.29) is 12.0 Å². The molecule has 2 amide bonds. The van der Waals surface area contributed by atoms with Gasteiger partial charge in [-0.1, -0.05) is 13.3 Å². The van der Waals surface area contributed by atoms with Crippen molar-refractivity contribution in [3.63, 3.8) is 0 Å². The van der Waals surface area contributed by atoms with Crippen LogP contribution in [0.25, 0.3) is 0 Å². The van der Waals surface area contributed by atoms with Gasteiger partial charge in [-0.2, -0.15) is 0 Å². The highest BCUT2D eigenvalue weighted by Crippen LogP contribution is 2.17. The van der Waals surface area contributed by atoms with Crippen LogP contribution in [0, 0.1) is 0 Å². The second-order valence-corrected chi connectivity index (χ2v) is 4.19. The van der Waals surface area contributed by atoms with Crippen LogP contribution in [0.2, 0.25) is 0 Å². The number of carbonyl (C=O) groups excluding carboxylic acids is 2. The van der Waals surface area contributed by atoms with E-state index >= 15 is 0 Å². The lowest BCUT2D eigenvalue weighted by Gasteiger charge is -2.38. The van der Waals surface area contributed by atoms with Crippen molar-refractivity contribution in [3.8, 4) is 0 Å². The molecule has 0 aliphatic carbocycles. The average Bonchev–Trinajstić information content (AvgIpc) is 2.39. The van der Waals surface area contributed by atoms with Crippen LogP contribution in [0.1, 0.15) is 33.1 Å². The third-order valence-electron chi connectivity index (χ3n) is 3.00. The SMILES string of the molecule is CCCCON1CC[C@@H](C(=O)OC)N(CC)C1=O. The van der Waals surface area contributed by atoms with E-state index in [1.807, 2.05) is 6.92 Å². The molecular formula is C12H22N2O4. The molecule has 1 aliphatic rings. The Bertz CT molecular complexity index is 296. The van der Waals surface area contributed by atoms with Crippen LogP contribution in [-0.2, 0) is 14.4 Å². The van der Waals surface area contributed by atoms with Crippen molar-refractivity contribution in [1.82, 2.24) is 9.96 Å². The van der Waals surface area contributed by atoms with Crippen LogP contribution in [0.4, 0.5) is 4.79 Å². The molecule has 0 unspecified atom stereocenters. The fraction of sp³-hybridized carbons (Fsp3) is 0.833. The summed E-state index contributed by atoms with van der Waals surface area (Å²) in [6, 6.07) is -0.742. The largest absolute Gasteiger partial charge is 0.467 e. The second kappa shape index (κ2) is 7.20. The van der Waals surface area contributed by atoms with Gasteiger partial charge in [0, 0.05) is 6.54 Å². The number of hydroxylamine groups is 2. The summed E-state index contributed by atoms with van der Waals surface area (Å²) in [4.78, 5) is 30.6. The van der Waals surface area contributed by atoms with Gasteiger partial charge in [0.05, 0.1) is 20.3 Å². The topological polar surface area (TPSA) is 59.1 Å². The van der Waals surface area contributed by atoms with Gasteiger partial charge in [0.25, 0.3) is 0 Å². The minimum Gasteiger partial charge on any atom is -0.467 e. The number of urea groups is 1. The van der Waals surface area contributed by atoms with E-state index in [9.17, 15) is 9.59 Å². The van der Waals surface area contributed by atoms with E-state index < -0.39 is 6.04 Å². The number of hydrogen-bond acceptors (Lipinski definition) is 4. The van der Waals surface area contributed by atoms with Gasteiger partial charge >= 0.3 is 12.0 Å². The highest BCUT2D eigenvalue weighted by Gasteiger charge is 2.37. The van der Waals surface area contributed by atoms with Crippen molar-refractivity contribution in [2.24, 2.45) is 0 Å². The second-order valence-electron chi connectivity index (χ2n) is 4.19. The summed E-state index contributed by atoms with van der Waals surface area (Å²) in [5.41, 5.74) is 0. The van der Waals surface area contributed by atoms with E-state index in [1.165, 1.54) is 17.1 Å². The Morgan fingerprint density at radius 1 is 1.44 bits per heavy atom. The summed E-state index contributed by atoms with van der Waals surface area (Å²) in [6.45, 7) is 5.32. The third kappa shape index (κ3) is 3.35. The van der Waals surface area contributed by atoms with Gasteiger partial charge in [0.15, 0.2) is 0 Å². The number of ether oxygens (including phenoxy) is 1. The fourth-order valence-electron chi connectivity index (χ4n) is 1.94. The zero-order valence-corrected chi connectivity index (χ0v) is 11.3. The molecule has 0 bridgehead atoms. The number of esters is 1. The molecule has 6 nitrogen and oxygen atoms in total. The van der Waals surface area contributed by atoms with Crippen molar-refractivity contribution < 1.29 is 19.2 Å². The highest BCUT2D eigenvalue weighted by molar-refractivity contribution is 5.84. The van der Waals surface area contributed by atoms with Crippen LogP contribution in [0.15, 0.2) is 0 Å². The number of unbranched alkanes of at least 4 members (excludes halogenated alkanes) is 1. The Morgan fingerprint density at radius 2 is 2.17 bits per heavy atom. The lowest BCUT2D eigenvalue weighted by atomic mass is 10.1. The molecule has 1 saturated heterocycles. The third-order valence-corrected chi connectivity index (χ3v) is 3.00. The molecule has 0 N–H and O–H groups in total. The predicted molar refractivity (Wildman–Crippen MR) is 65.8 cm³/mol. The minimum absolute atomic E-state index is 0.254. The Balaban J connectivity index is 2.60. The summed E-state index contributed by atoms with van der Waals surface area (Å²) in [7, 11) is 1.34. The quantitative estimate of drug-likeness (QED) is 0.534. The first-order chi connectivity index (χ1) is 8.65. The van der Waals surface area contributed by atoms with E-state index in [4.69, 9.17) is 9.57 Å². The van der Waals surface area contributed by atoms with E-state index in [2.05, 4.69) is 6.92 Å². The Kier molecular flexibility index (Phi) is 5.91. The maximum atomic E-state index is 12.1. The molecule has 0 aromatic heterocycles. The first-order valence-corrected chi connectivity index (χ1v) is 6.44. The van der Waals surface area contributed by atoms with E-state index in [0.717, 1.165) is 12.8 Å². The van der Waals surface area contributed by atoms with Crippen molar-refractivity contribution in [2.75, 3.05) is 26.8 Å². The zero-order valence-electron chi connectivity index (χ0n) is 11.3. The van der Waals surface area contributed by atoms with Crippen molar-refractivity contribution in [1.29, 1.82) is 0 Å². The van der Waals surface area contributed by atoms with E-state index in [0.29, 0.717) is 26.1 Å². The van der Waals surface area contributed by atoms with Crippen LogP contribution >= 0.6 is 0 Å². The number of likely N-dealkylation sites (N-methyl/N-ethyl adjacent to an activating group) is 1. The molecule has 0 spiro atoms. The maximum Gasteiger partial charge on any atom is 0.344 e. The van der Waals surface area contributed by atoms with Crippen molar-refractivity contribution in [3.05, 3.63) is 0 Å². The van der Waals surface area contributed by atoms with Crippen LogP contribution < -0.4 is 0 Å². The summed E-state index contributed by atoms with van der Waals surface area (Å²) in [5, 5.41) is 1.35. The van der Waals surface area contributed by atoms with Crippen molar-refractivity contribution in [2.45, 2.75) is 39.2 Å². The van der Waals surface area contributed by atoms with Gasteiger partial charge in [-0.15, -0.1) is 0 Å². The Morgan fingerprint density at radius 3 is 2.72 bits per heavy atom. The number of hydrogen-bond donors (Lipinski definition) is 0. The first kappa shape index (κ1) is 14.8. The fourth-order valence-corrected chi connectivity index (χ4v) is 1.94. The molecule has 1 rings (SSSR count). The van der Waals surface area contributed by atoms with Crippen LogP contribution in [0.5, 0.6) is 0 Å². The molecule has 18 heavy (non-hydrogen) atoms. The molecule has 104 valence electrons. The molecule has 6 heteroatoms. The van der Waals surface area contributed by atoms with E-state index in [1.54, 1.807) is 0 Å². The molecule has 1 fully saturated rings. The first-order valence-electron chi connectivity index (χ1n) is 6.44. The molecule has 1 aliphatic heterocycles. The summed E-state index contributed by atoms with van der Waals surface area (Å²) in [6.07, 6.45) is 2.47.